The molecular formula is C14H19F3N2O4. The van der Waals surface area contributed by atoms with E-state index in [2.05, 4.69) is 0 Å². The van der Waals surface area contributed by atoms with Crippen LogP contribution in [0.15, 0.2) is 0 Å². The average molecular weight is 336 g/mol. The van der Waals surface area contributed by atoms with Gasteiger partial charge in [-0.3, -0.25) is 14.4 Å². The van der Waals surface area contributed by atoms with Gasteiger partial charge in [0.05, 0.1) is 11.8 Å². The fourth-order valence-electron chi connectivity index (χ4n) is 2.72. The van der Waals surface area contributed by atoms with Gasteiger partial charge in [0.1, 0.15) is 6.54 Å². The molecule has 1 saturated carbocycles. The highest BCUT2D eigenvalue weighted by Gasteiger charge is 2.44. The van der Waals surface area contributed by atoms with E-state index in [0.29, 0.717) is 4.90 Å². The van der Waals surface area contributed by atoms with Gasteiger partial charge in [0.2, 0.25) is 11.8 Å². The van der Waals surface area contributed by atoms with E-state index in [1.807, 2.05) is 0 Å². The maximum atomic E-state index is 12.5. The number of nitrogens with zero attached hydrogens (tertiary/aromatic N) is 2. The Bertz CT molecular complexity index is 505. The van der Waals surface area contributed by atoms with Crippen LogP contribution >= 0.6 is 0 Å². The lowest BCUT2D eigenvalue weighted by molar-refractivity contribution is -0.157. The molecule has 1 N–H and O–H groups in total. The molecule has 0 bridgehead atoms. The SMILES string of the molecule is C[C@@H](CN(C(=O)[C@H]1CC(=O)N(CC(F)(F)F)C1)C1CC1)C(=O)O. The van der Waals surface area contributed by atoms with E-state index in [-0.39, 0.29) is 25.6 Å². The van der Waals surface area contributed by atoms with Gasteiger partial charge < -0.3 is 14.9 Å². The number of aliphatic carboxylic acids is 1. The second-order valence-electron chi connectivity index (χ2n) is 6.25. The van der Waals surface area contributed by atoms with Crippen LogP contribution in [0.4, 0.5) is 13.2 Å². The first-order chi connectivity index (χ1) is 10.6. The zero-order valence-electron chi connectivity index (χ0n) is 12.7. The number of carboxylic acid groups (broad SMARTS) is 1. The normalized spacial score (nSPS) is 23.0. The Balaban J connectivity index is 2.01. The van der Waals surface area contributed by atoms with Gasteiger partial charge in [-0.2, -0.15) is 13.2 Å². The van der Waals surface area contributed by atoms with Crippen LogP contribution in [0.2, 0.25) is 0 Å². The number of carboxylic acids is 1. The zero-order chi connectivity index (χ0) is 17.4. The fraction of sp³-hybridized carbons (Fsp3) is 0.786. The van der Waals surface area contributed by atoms with Gasteiger partial charge in [-0.25, -0.2) is 0 Å². The largest absolute Gasteiger partial charge is 0.481 e. The average Bonchev–Trinajstić information content (AvgIpc) is 3.19. The molecule has 0 aromatic rings. The lowest BCUT2D eigenvalue weighted by Gasteiger charge is -2.27. The molecule has 0 aromatic carbocycles. The summed E-state index contributed by atoms with van der Waals surface area (Å²) in [6.07, 6.45) is -3.24. The van der Waals surface area contributed by atoms with Crippen LogP contribution in [-0.4, -0.2) is 64.5 Å². The number of likely N-dealkylation sites (tertiary alicyclic amines) is 1. The standard InChI is InChI=1S/C14H19F3N2O4/c1-8(13(22)23)5-19(10-2-3-10)12(21)9-4-11(20)18(6-9)7-14(15,16)17/h8-10H,2-7H2,1H3,(H,22,23)/t8-,9-/m0/s1. The van der Waals surface area contributed by atoms with Crippen LogP contribution in [0.3, 0.4) is 0 Å². The minimum atomic E-state index is -4.50. The first-order valence-electron chi connectivity index (χ1n) is 7.46. The quantitative estimate of drug-likeness (QED) is 0.788. The number of amides is 2. The van der Waals surface area contributed by atoms with Crippen LogP contribution in [0.25, 0.3) is 0 Å². The highest BCUT2D eigenvalue weighted by atomic mass is 19.4. The Labute approximate surface area is 131 Å². The van der Waals surface area contributed by atoms with Gasteiger partial charge in [-0.05, 0) is 12.8 Å². The summed E-state index contributed by atoms with van der Waals surface area (Å²) in [6, 6.07) is -0.0592. The maximum Gasteiger partial charge on any atom is 0.406 e. The molecule has 1 saturated heterocycles. The molecule has 1 aliphatic heterocycles. The third kappa shape index (κ3) is 4.59. The summed E-state index contributed by atoms with van der Waals surface area (Å²) in [4.78, 5) is 37.2. The number of alkyl halides is 3. The molecule has 0 radical (unpaired) electrons. The van der Waals surface area contributed by atoms with Crippen LogP contribution in [0.1, 0.15) is 26.2 Å². The summed E-state index contributed by atoms with van der Waals surface area (Å²) >= 11 is 0. The lowest BCUT2D eigenvalue weighted by Crippen LogP contribution is -2.43. The van der Waals surface area contributed by atoms with Crippen molar-refractivity contribution in [2.24, 2.45) is 11.8 Å². The topological polar surface area (TPSA) is 77.9 Å². The minimum Gasteiger partial charge on any atom is -0.481 e. The molecular weight excluding hydrogens is 317 g/mol. The molecule has 2 rings (SSSR count). The Hall–Kier alpha value is -1.80. The van der Waals surface area contributed by atoms with E-state index >= 15 is 0 Å². The monoisotopic (exact) mass is 336 g/mol. The van der Waals surface area contributed by atoms with Crippen LogP contribution in [0.5, 0.6) is 0 Å². The molecule has 23 heavy (non-hydrogen) atoms. The first-order valence-corrected chi connectivity index (χ1v) is 7.46. The highest BCUT2D eigenvalue weighted by molar-refractivity contribution is 5.89. The first kappa shape index (κ1) is 17.6. The lowest BCUT2D eigenvalue weighted by atomic mass is 10.1. The van der Waals surface area contributed by atoms with Crippen molar-refractivity contribution in [3.8, 4) is 0 Å². The van der Waals surface area contributed by atoms with Gasteiger partial charge in [-0.15, -0.1) is 0 Å². The molecule has 1 aliphatic carbocycles. The number of hydrogen-bond acceptors (Lipinski definition) is 3. The second kappa shape index (κ2) is 6.37. The highest BCUT2D eigenvalue weighted by Crippen LogP contribution is 2.32. The number of halogens is 3. The Morgan fingerprint density at radius 1 is 1.39 bits per heavy atom. The summed E-state index contributed by atoms with van der Waals surface area (Å²) in [5.41, 5.74) is 0. The minimum absolute atomic E-state index is 0.0167. The van der Waals surface area contributed by atoms with Crippen LogP contribution in [-0.2, 0) is 14.4 Å². The van der Waals surface area contributed by atoms with E-state index < -0.39 is 42.3 Å². The number of rotatable bonds is 6. The van der Waals surface area contributed by atoms with Crippen molar-refractivity contribution in [3.05, 3.63) is 0 Å². The second-order valence-corrected chi connectivity index (χ2v) is 6.25. The van der Waals surface area contributed by atoms with Gasteiger partial charge >= 0.3 is 12.1 Å². The molecule has 2 aliphatic rings. The predicted molar refractivity (Wildman–Crippen MR) is 72.3 cm³/mol. The van der Waals surface area contributed by atoms with Gasteiger partial charge in [0, 0.05) is 25.6 Å². The summed E-state index contributed by atoms with van der Waals surface area (Å²) in [5, 5.41) is 8.97. The maximum absolute atomic E-state index is 12.5. The van der Waals surface area contributed by atoms with E-state index in [1.165, 1.54) is 11.8 Å². The molecule has 130 valence electrons. The Morgan fingerprint density at radius 3 is 2.48 bits per heavy atom. The smallest absolute Gasteiger partial charge is 0.406 e. The van der Waals surface area contributed by atoms with E-state index in [9.17, 15) is 27.6 Å². The third-order valence-electron chi connectivity index (χ3n) is 4.10. The zero-order valence-corrected chi connectivity index (χ0v) is 12.7. The van der Waals surface area contributed by atoms with Crippen LogP contribution in [0, 0.1) is 11.8 Å². The summed E-state index contributed by atoms with van der Waals surface area (Å²) in [5.74, 6) is -3.74. The van der Waals surface area contributed by atoms with Crippen molar-refractivity contribution < 1.29 is 32.7 Å². The molecule has 9 heteroatoms. The van der Waals surface area contributed by atoms with Crippen molar-refractivity contribution in [2.45, 2.75) is 38.4 Å². The van der Waals surface area contributed by atoms with Crippen molar-refractivity contribution >= 4 is 17.8 Å². The van der Waals surface area contributed by atoms with Gasteiger partial charge in [0.25, 0.3) is 0 Å². The van der Waals surface area contributed by atoms with Crippen LogP contribution < -0.4 is 0 Å². The fourth-order valence-corrected chi connectivity index (χ4v) is 2.72. The molecule has 0 spiro atoms. The molecule has 0 aromatic heterocycles. The Morgan fingerprint density at radius 2 is 2.00 bits per heavy atom. The van der Waals surface area contributed by atoms with Gasteiger partial charge in [0.15, 0.2) is 0 Å². The molecule has 1 heterocycles. The Kier molecular flexibility index (Phi) is 4.86. The van der Waals surface area contributed by atoms with Crippen molar-refractivity contribution in [3.63, 3.8) is 0 Å². The van der Waals surface area contributed by atoms with Crippen molar-refractivity contribution in [2.75, 3.05) is 19.6 Å². The van der Waals surface area contributed by atoms with Crippen molar-refractivity contribution in [1.82, 2.24) is 9.80 Å². The summed E-state index contributed by atoms with van der Waals surface area (Å²) in [7, 11) is 0. The predicted octanol–water partition coefficient (Wildman–Crippen LogP) is 1.11. The number of carbonyl (C=O) groups is 3. The third-order valence-corrected chi connectivity index (χ3v) is 4.10. The summed E-state index contributed by atoms with van der Waals surface area (Å²) < 4.78 is 37.2. The molecule has 2 amide bonds. The molecule has 0 unspecified atom stereocenters. The number of hydrogen-bond donors (Lipinski definition) is 1. The number of carbonyl (C=O) groups excluding carboxylic acids is 2. The molecule has 2 fully saturated rings. The van der Waals surface area contributed by atoms with E-state index in [1.54, 1.807) is 0 Å². The van der Waals surface area contributed by atoms with E-state index in [4.69, 9.17) is 5.11 Å². The van der Waals surface area contributed by atoms with Crippen molar-refractivity contribution in [1.29, 1.82) is 0 Å². The molecule has 6 nitrogen and oxygen atoms in total. The summed E-state index contributed by atoms with van der Waals surface area (Å²) in [6.45, 7) is -0.129. The molecule has 2 atom stereocenters. The van der Waals surface area contributed by atoms with Gasteiger partial charge in [-0.1, -0.05) is 6.92 Å². The van der Waals surface area contributed by atoms with E-state index in [0.717, 1.165) is 12.8 Å².